The molecule has 1 aliphatic rings. The van der Waals surface area contributed by atoms with Crippen molar-refractivity contribution in [1.29, 1.82) is 0 Å². The topological polar surface area (TPSA) is 24.4 Å². The van der Waals surface area contributed by atoms with Gasteiger partial charge in [0.05, 0.1) is 11.4 Å². The minimum absolute atomic E-state index is 0.413. The lowest BCUT2D eigenvalue weighted by molar-refractivity contribution is 0.868. The lowest BCUT2D eigenvalue weighted by Gasteiger charge is -2.14. The highest BCUT2D eigenvalue weighted by atomic mass is 15.3. The lowest BCUT2D eigenvalue weighted by Crippen LogP contribution is -2.09. The third-order valence-corrected chi connectivity index (χ3v) is 5.07. The van der Waals surface area contributed by atoms with E-state index in [1.54, 1.807) is 0 Å². The molecule has 0 saturated carbocycles. The Morgan fingerprint density at radius 3 is 2.04 bits per heavy atom. The molecule has 0 heterocycles. The van der Waals surface area contributed by atoms with Crippen molar-refractivity contribution in [3.8, 4) is 0 Å². The van der Waals surface area contributed by atoms with Gasteiger partial charge in [-0.15, -0.1) is 0 Å². The fraction of sp³-hybridized carbons (Fsp3) is 0.292. The highest BCUT2D eigenvalue weighted by Crippen LogP contribution is 2.27. The SMILES string of the molecule is CC1=CC(CC(=NNc2c(C)cc(C)cc2C)c2ccccc2)C=C1C. The number of rotatable bonds is 5. The van der Waals surface area contributed by atoms with Crippen molar-refractivity contribution in [3.63, 3.8) is 0 Å². The summed E-state index contributed by atoms with van der Waals surface area (Å²) < 4.78 is 0. The zero-order chi connectivity index (χ0) is 18.7. The van der Waals surface area contributed by atoms with Crippen molar-refractivity contribution >= 4 is 11.4 Å². The lowest BCUT2D eigenvalue weighted by atomic mass is 9.98. The second kappa shape index (κ2) is 7.74. The van der Waals surface area contributed by atoms with Gasteiger partial charge in [0, 0.05) is 12.3 Å². The fourth-order valence-corrected chi connectivity index (χ4v) is 3.63. The van der Waals surface area contributed by atoms with E-state index in [4.69, 9.17) is 5.10 Å². The van der Waals surface area contributed by atoms with Gasteiger partial charge in [-0.25, -0.2) is 0 Å². The molecule has 0 bridgehead atoms. The number of allylic oxidation sites excluding steroid dienone is 4. The summed E-state index contributed by atoms with van der Waals surface area (Å²) in [6.45, 7) is 10.8. The number of hydrogen-bond donors (Lipinski definition) is 1. The first-order valence-corrected chi connectivity index (χ1v) is 9.27. The molecule has 134 valence electrons. The van der Waals surface area contributed by atoms with Gasteiger partial charge in [-0.1, -0.05) is 71.3 Å². The van der Waals surface area contributed by atoms with Gasteiger partial charge in [0.2, 0.25) is 0 Å². The van der Waals surface area contributed by atoms with Crippen LogP contribution in [0.1, 0.15) is 42.5 Å². The summed E-state index contributed by atoms with van der Waals surface area (Å²) >= 11 is 0. The molecule has 2 aromatic carbocycles. The largest absolute Gasteiger partial charge is 0.278 e. The van der Waals surface area contributed by atoms with Crippen LogP contribution >= 0.6 is 0 Å². The van der Waals surface area contributed by atoms with Crippen molar-refractivity contribution in [3.05, 3.63) is 88.0 Å². The first-order valence-electron chi connectivity index (χ1n) is 9.27. The van der Waals surface area contributed by atoms with Gasteiger partial charge in [0.25, 0.3) is 0 Å². The Morgan fingerprint density at radius 1 is 0.885 bits per heavy atom. The summed E-state index contributed by atoms with van der Waals surface area (Å²) in [4.78, 5) is 0. The Hall–Kier alpha value is -2.61. The molecular formula is C24H28N2. The van der Waals surface area contributed by atoms with Crippen LogP contribution < -0.4 is 5.43 Å². The maximum absolute atomic E-state index is 4.84. The Balaban J connectivity index is 1.90. The molecule has 1 aliphatic carbocycles. The Labute approximate surface area is 157 Å². The molecule has 0 amide bonds. The van der Waals surface area contributed by atoms with Crippen LogP contribution in [0.3, 0.4) is 0 Å². The minimum atomic E-state index is 0.413. The summed E-state index contributed by atoms with van der Waals surface area (Å²) in [5, 5.41) is 4.84. The van der Waals surface area contributed by atoms with Crippen LogP contribution in [-0.2, 0) is 0 Å². The maximum atomic E-state index is 4.84. The molecule has 0 aliphatic heterocycles. The first-order chi connectivity index (χ1) is 12.4. The monoisotopic (exact) mass is 344 g/mol. The summed E-state index contributed by atoms with van der Waals surface area (Å²) in [7, 11) is 0. The normalized spacial score (nSPS) is 15.0. The molecule has 0 radical (unpaired) electrons. The number of nitrogens with zero attached hydrogens (tertiary/aromatic N) is 1. The third-order valence-electron chi connectivity index (χ3n) is 5.07. The molecule has 26 heavy (non-hydrogen) atoms. The molecule has 2 heteroatoms. The highest BCUT2D eigenvalue weighted by Gasteiger charge is 2.16. The number of nitrogens with one attached hydrogen (secondary N) is 1. The molecule has 1 N–H and O–H groups in total. The Bertz CT molecular complexity index is 845. The van der Waals surface area contributed by atoms with E-state index in [0.717, 1.165) is 17.8 Å². The maximum Gasteiger partial charge on any atom is 0.0688 e. The van der Waals surface area contributed by atoms with Crippen molar-refractivity contribution in [2.45, 2.75) is 41.0 Å². The summed E-state index contributed by atoms with van der Waals surface area (Å²) in [6.07, 6.45) is 5.59. The second-order valence-corrected chi connectivity index (χ2v) is 7.38. The standard InChI is InChI=1S/C24H28N2/c1-16-11-19(4)24(20(5)12-16)26-25-23(22-9-7-6-8-10-22)15-21-13-17(2)18(3)14-21/h6-14,21,26H,15H2,1-5H3. The van der Waals surface area contributed by atoms with Crippen LogP contribution in [0.5, 0.6) is 0 Å². The van der Waals surface area contributed by atoms with E-state index in [-0.39, 0.29) is 0 Å². The van der Waals surface area contributed by atoms with Gasteiger partial charge < -0.3 is 0 Å². The van der Waals surface area contributed by atoms with E-state index in [1.807, 2.05) is 6.07 Å². The van der Waals surface area contributed by atoms with Crippen LogP contribution in [0.15, 0.2) is 70.9 Å². The second-order valence-electron chi connectivity index (χ2n) is 7.38. The van der Waals surface area contributed by atoms with Crippen molar-refractivity contribution in [2.75, 3.05) is 5.43 Å². The van der Waals surface area contributed by atoms with Gasteiger partial charge in [0.1, 0.15) is 0 Å². The number of hydrazone groups is 1. The van der Waals surface area contributed by atoms with E-state index < -0.39 is 0 Å². The molecule has 0 atom stereocenters. The van der Waals surface area contributed by atoms with Crippen LogP contribution in [0.4, 0.5) is 5.69 Å². The van der Waals surface area contributed by atoms with E-state index >= 15 is 0 Å². The van der Waals surface area contributed by atoms with Crippen LogP contribution in [0.25, 0.3) is 0 Å². The number of aryl methyl sites for hydroxylation is 3. The molecule has 2 nitrogen and oxygen atoms in total. The van der Waals surface area contributed by atoms with E-state index in [0.29, 0.717) is 5.92 Å². The van der Waals surface area contributed by atoms with Gasteiger partial charge in [-0.05, 0) is 51.3 Å². The molecule has 0 unspecified atom stereocenters. The first kappa shape index (κ1) is 18.2. The van der Waals surface area contributed by atoms with Crippen molar-refractivity contribution in [2.24, 2.45) is 11.0 Å². The van der Waals surface area contributed by atoms with Crippen LogP contribution in [0.2, 0.25) is 0 Å². The summed E-state index contributed by atoms with van der Waals surface area (Å²) in [5.74, 6) is 0.413. The molecule has 0 aromatic heterocycles. The van der Waals surface area contributed by atoms with Gasteiger partial charge in [-0.3, -0.25) is 5.43 Å². The fourth-order valence-electron chi connectivity index (χ4n) is 3.63. The van der Waals surface area contributed by atoms with Crippen molar-refractivity contribution < 1.29 is 0 Å². The minimum Gasteiger partial charge on any atom is -0.278 e. The molecule has 0 saturated heterocycles. The van der Waals surface area contributed by atoms with Crippen LogP contribution in [-0.4, -0.2) is 5.71 Å². The van der Waals surface area contributed by atoms with Gasteiger partial charge in [-0.2, -0.15) is 5.10 Å². The Kier molecular flexibility index (Phi) is 5.41. The molecule has 2 aromatic rings. The smallest absolute Gasteiger partial charge is 0.0688 e. The average Bonchev–Trinajstić information content (AvgIpc) is 2.91. The number of benzene rings is 2. The van der Waals surface area contributed by atoms with Crippen LogP contribution in [0, 0.1) is 26.7 Å². The zero-order valence-electron chi connectivity index (χ0n) is 16.4. The molecule has 0 fully saturated rings. The quantitative estimate of drug-likeness (QED) is 0.496. The van der Waals surface area contributed by atoms with Gasteiger partial charge in [0.15, 0.2) is 0 Å². The number of anilines is 1. The predicted octanol–water partition coefficient (Wildman–Crippen LogP) is 6.34. The third kappa shape index (κ3) is 4.13. The van der Waals surface area contributed by atoms with E-state index in [9.17, 15) is 0 Å². The average molecular weight is 345 g/mol. The summed E-state index contributed by atoms with van der Waals surface area (Å²) in [6, 6.07) is 14.9. The van der Waals surface area contributed by atoms with E-state index in [2.05, 4.69) is 88.6 Å². The molecular weight excluding hydrogens is 316 g/mol. The van der Waals surface area contributed by atoms with E-state index in [1.165, 1.54) is 33.4 Å². The summed E-state index contributed by atoms with van der Waals surface area (Å²) in [5.41, 5.74) is 13.2. The van der Waals surface area contributed by atoms with Crippen molar-refractivity contribution in [1.82, 2.24) is 0 Å². The zero-order valence-corrected chi connectivity index (χ0v) is 16.4. The highest BCUT2D eigenvalue weighted by molar-refractivity contribution is 6.01. The number of hydrogen-bond acceptors (Lipinski definition) is 2. The molecule has 0 spiro atoms. The molecule has 3 rings (SSSR count). The van der Waals surface area contributed by atoms with Gasteiger partial charge >= 0.3 is 0 Å². The predicted molar refractivity (Wildman–Crippen MR) is 113 cm³/mol. The Morgan fingerprint density at radius 2 is 1.46 bits per heavy atom.